The van der Waals surface area contributed by atoms with Crippen molar-refractivity contribution in [3.8, 4) is 0 Å². The van der Waals surface area contributed by atoms with Gasteiger partial charge in [-0.1, -0.05) is 43.7 Å². The molecular weight excluding hydrogens is 224 g/mol. The Kier molecular flexibility index (Phi) is 4.02. The Morgan fingerprint density at radius 2 is 2.06 bits per heavy atom. The summed E-state index contributed by atoms with van der Waals surface area (Å²) in [5.74, 6) is -0.0148. The van der Waals surface area contributed by atoms with E-state index in [1.807, 2.05) is 13.0 Å². The summed E-state index contributed by atoms with van der Waals surface area (Å²) in [5.41, 5.74) is 7.30. The van der Waals surface area contributed by atoms with E-state index < -0.39 is 0 Å². The largest absolute Gasteiger partial charge is 0.354 e. The molecule has 1 amide bonds. The van der Waals surface area contributed by atoms with Gasteiger partial charge in [-0.05, 0) is 24.8 Å². The monoisotopic (exact) mass is 246 g/mol. The second kappa shape index (κ2) is 5.53. The van der Waals surface area contributed by atoms with Crippen LogP contribution in [0.3, 0.4) is 0 Å². The average Bonchev–Trinajstić information content (AvgIpc) is 3.18. The van der Waals surface area contributed by atoms with E-state index in [-0.39, 0.29) is 17.4 Å². The second-order valence-corrected chi connectivity index (χ2v) is 5.26. The minimum absolute atomic E-state index is 0.0148. The van der Waals surface area contributed by atoms with Crippen molar-refractivity contribution in [2.45, 2.75) is 44.1 Å². The zero-order valence-corrected chi connectivity index (χ0v) is 11.0. The molecular formula is C15H22N2O. The lowest BCUT2D eigenvalue weighted by molar-refractivity contribution is -0.122. The number of nitrogens with one attached hydrogen (secondary N) is 1. The van der Waals surface area contributed by atoms with Crippen LogP contribution in [0.25, 0.3) is 0 Å². The van der Waals surface area contributed by atoms with Gasteiger partial charge in [0.2, 0.25) is 5.91 Å². The van der Waals surface area contributed by atoms with Crippen molar-refractivity contribution in [1.82, 2.24) is 5.32 Å². The molecule has 0 aliphatic heterocycles. The van der Waals surface area contributed by atoms with E-state index in [4.69, 9.17) is 5.73 Å². The van der Waals surface area contributed by atoms with Crippen LogP contribution < -0.4 is 11.1 Å². The van der Waals surface area contributed by atoms with Crippen molar-refractivity contribution in [3.05, 3.63) is 35.9 Å². The minimum Gasteiger partial charge on any atom is -0.354 e. The first kappa shape index (κ1) is 13.1. The molecule has 3 nitrogen and oxygen atoms in total. The van der Waals surface area contributed by atoms with Crippen LogP contribution in [0.15, 0.2) is 30.3 Å². The lowest BCUT2D eigenvalue weighted by Crippen LogP contribution is -2.43. The molecule has 2 rings (SSSR count). The number of hydrogen-bond acceptors (Lipinski definition) is 2. The van der Waals surface area contributed by atoms with Crippen LogP contribution >= 0.6 is 0 Å². The number of carbonyl (C=O) groups excluding carboxylic acids is 1. The Balaban J connectivity index is 1.89. The van der Waals surface area contributed by atoms with Gasteiger partial charge in [0.15, 0.2) is 0 Å². The number of benzene rings is 1. The predicted octanol–water partition coefficient (Wildman–Crippen LogP) is 1.96. The topological polar surface area (TPSA) is 55.1 Å². The van der Waals surface area contributed by atoms with Crippen LogP contribution in [0.2, 0.25) is 0 Å². The SMILES string of the molecule is CCCC(N)C(=O)NCC1(c2ccccc2)CC1. The molecule has 0 bridgehead atoms. The van der Waals surface area contributed by atoms with Crippen LogP contribution in [0, 0.1) is 0 Å². The maximum atomic E-state index is 11.8. The Labute approximate surface area is 109 Å². The van der Waals surface area contributed by atoms with Gasteiger partial charge in [-0.15, -0.1) is 0 Å². The van der Waals surface area contributed by atoms with Gasteiger partial charge in [0.05, 0.1) is 6.04 Å². The molecule has 0 spiro atoms. The van der Waals surface area contributed by atoms with Crippen molar-refractivity contribution in [2.24, 2.45) is 5.73 Å². The van der Waals surface area contributed by atoms with Crippen molar-refractivity contribution in [3.63, 3.8) is 0 Å². The van der Waals surface area contributed by atoms with Crippen LogP contribution in [-0.2, 0) is 10.2 Å². The lowest BCUT2D eigenvalue weighted by Gasteiger charge is -2.18. The molecule has 1 atom stereocenters. The molecule has 0 heterocycles. The highest BCUT2D eigenvalue weighted by molar-refractivity contribution is 5.81. The minimum atomic E-state index is -0.360. The van der Waals surface area contributed by atoms with E-state index >= 15 is 0 Å². The molecule has 1 saturated carbocycles. The van der Waals surface area contributed by atoms with E-state index in [0.29, 0.717) is 6.54 Å². The molecule has 1 aliphatic carbocycles. The van der Waals surface area contributed by atoms with Gasteiger partial charge in [0.25, 0.3) is 0 Å². The average molecular weight is 246 g/mol. The third-order valence-corrected chi connectivity index (χ3v) is 3.78. The quantitative estimate of drug-likeness (QED) is 0.806. The van der Waals surface area contributed by atoms with Gasteiger partial charge in [-0.2, -0.15) is 0 Å². The first-order chi connectivity index (χ1) is 8.68. The Bertz CT molecular complexity index is 398. The van der Waals surface area contributed by atoms with Gasteiger partial charge in [-0.3, -0.25) is 4.79 Å². The summed E-state index contributed by atoms with van der Waals surface area (Å²) in [7, 11) is 0. The van der Waals surface area contributed by atoms with E-state index in [1.54, 1.807) is 0 Å². The molecule has 98 valence electrons. The Hall–Kier alpha value is -1.35. The highest BCUT2D eigenvalue weighted by Gasteiger charge is 2.44. The summed E-state index contributed by atoms with van der Waals surface area (Å²) in [6.45, 7) is 2.76. The van der Waals surface area contributed by atoms with E-state index in [1.165, 1.54) is 5.56 Å². The fourth-order valence-corrected chi connectivity index (χ4v) is 2.34. The number of rotatable bonds is 6. The fourth-order valence-electron chi connectivity index (χ4n) is 2.34. The van der Waals surface area contributed by atoms with Crippen molar-refractivity contribution in [1.29, 1.82) is 0 Å². The van der Waals surface area contributed by atoms with Gasteiger partial charge < -0.3 is 11.1 Å². The van der Waals surface area contributed by atoms with E-state index in [9.17, 15) is 4.79 Å². The number of nitrogens with two attached hydrogens (primary N) is 1. The van der Waals surface area contributed by atoms with Crippen LogP contribution in [0.4, 0.5) is 0 Å². The molecule has 1 aromatic rings. The van der Waals surface area contributed by atoms with Gasteiger partial charge >= 0.3 is 0 Å². The first-order valence-corrected chi connectivity index (χ1v) is 6.77. The summed E-state index contributed by atoms with van der Waals surface area (Å²) >= 11 is 0. The zero-order valence-electron chi connectivity index (χ0n) is 11.0. The van der Waals surface area contributed by atoms with Gasteiger partial charge in [0, 0.05) is 12.0 Å². The summed E-state index contributed by atoms with van der Waals surface area (Å²) in [6.07, 6.45) is 4.00. The van der Waals surface area contributed by atoms with Gasteiger partial charge in [0.1, 0.15) is 0 Å². The third kappa shape index (κ3) is 2.91. The maximum absolute atomic E-state index is 11.8. The Morgan fingerprint density at radius 3 is 2.61 bits per heavy atom. The molecule has 18 heavy (non-hydrogen) atoms. The number of amides is 1. The maximum Gasteiger partial charge on any atom is 0.236 e. The fraction of sp³-hybridized carbons (Fsp3) is 0.533. The summed E-state index contributed by atoms with van der Waals surface area (Å²) < 4.78 is 0. The molecule has 0 aromatic heterocycles. The smallest absolute Gasteiger partial charge is 0.236 e. The summed E-state index contributed by atoms with van der Waals surface area (Å²) in [4.78, 5) is 11.8. The molecule has 1 fully saturated rings. The van der Waals surface area contributed by atoms with Crippen molar-refractivity contribution in [2.75, 3.05) is 6.54 Å². The number of carbonyl (C=O) groups is 1. The predicted molar refractivity (Wildman–Crippen MR) is 73.2 cm³/mol. The van der Waals surface area contributed by atoms with Crippen LogP contribution in [0.1, 0.15) is 38.2 Å². The van der Waals surface area contributed by atoms with Crippen molar-refractivity contribution < 1.29 is 4.79 Å². The highest BCUT2D eigenvalue weighted by Crippen LogP contribution is 2.47. The molecule has 0 radical (unpaired) electrons. The second-order valence-electron chi connectivity index (χ2n) is 5.26. The van der Waals surface area contributed by atoms with E-state index in [2.05, 4.69) is 29.6 Å². The molecule has 1 aromatic carbocycles. The summed E-state index contributed by atoms with van der Waals surface area (Å²) in [5, 5.41) is 3.00. The molecule has 3 N–H and O–H groups in total. The summed E-state index contributed by atoms with van der Waals surface area (Å²) in [6, 6.07) is 10.1. The molecule has 3 heteroatoms. The molecule has 1 unspecified atom stereocenters. The standard InChI is InChI=1S/C15H22N2O/c1-2-6-13(16)14(18)17-11-15(9-10-15)12-7-4-3-5-8-12/h3-5,7-8,13H,2,6,9-11,16H2,1H3,(H,17,18). The normalized spacial score (nSPS) is 18.1. The first-order valence-electron chi connectivity index (χ1n) is 6.77. The number of hydrogen-bond donors (Lipinski definition) is 2. The van der Waals surface area contributed by atoms with E-state index in [0.717, 1.165) is 25.7 Å². The molecule has 1 aliphatic rings. The highest BCUT2D eigenvalue weighted by atomic mass is 16.2. The zero-order chi connectivity index (χ0) is 13.0. The Morgan fingerprint density at radius 1 is 1.39 bits per heavy atom. The third-order valence-electron chi connectivity index (χ3n) is 3.78. The van der Waals surface area contributed by atoms with Crippen LogP contribution in [-0.4, -0.2) is 18.5 Å². The van der Waals surface area contributed by atoms with Gasteiger partial charge in [-0.25, -0.2) is 0 Å². The lowest BCUT2D eigenvalue weighted by atomic mass is 9.96. The van der Waals surface area contributed by atoms with Crippen molar-refractivity contribution >= 4 is 5.91 Å². The molecule has 0 saturated heterocycles. The van der Waals surface area contributed by atoms with Crippen LogP contribution in [0.5, 0.6) is 0 Å².